The van der Waals surface area contributed by atoms with Crippen molar-refractivity contribution in [3.05, 3.63) is 53.4 Å². The van der Waals surface area contributed by atoms with E-state index in [1.165, 1.54) is 0 Å². The van der Waals surface area contributed by atoms with Gasteiger partial charge in [0.05, 0.1) is 0 Å². The lowest BCUT2D eigenvalue weighted by molar-refractivity contribution is 0.0987. The first-order valence-electron chi connectivity index (χ1n) is 7.07. The minimum atomic E-state index is -0.445. The van der Waals surface area contributed by atoms with Gasteiger partial charge in [0.1, 0.15) is 11.5 Å². The van der Waals surface area contributed by atoms with E-state index in [-0.39, 0.29) is 5.76 Å². The van der Waals surface area contributed by atoms with E-state index in [1.54, 1.807) is 41.4 Å². The zero-order chi connectivity index (χ0) is 17.1. The van der Waals surface area contributed by atoms with Gasteiger partial charge in [0.25, 0.3) is 5.91 Å². The summed E-state index contributed by atoms with van der Waals surface area (Å²) in [6.07, 6.45) is 1.57. The normalized spacial score (nSPS) is 10.5. The van der Waals surface area contributed by atoms with Crippen LogP contribution in [0.3, 0.4) is 0 Å². The van der Waals surface area contributed by atoms with E-state index in [9.17, 15) is 4.79 Å². The number of nitrogens with one attached hydrogen (secondary N) is 1. The summed E-state index contributed by atoms with van der Waals surface area (Å²) in [5.74, 6) is 0.499. The van der Waals surface area contributed by atoms with Gasteiger partial charge in [-0.25, -0.2) is 4.98 Å². The minimum absolute atomic E-state index is 0.0787. The molecule has 0 bridgehead atoms. The number of hydrogen-bond donors (Lipinski definition) is 1. The molecule has 0 aliphatic carbocycles. The first-order valence-corrected chi connectivity index (χ1v) is 7.45. The molecule has 1 amide bonds. The predicted molar refractivity (Wildman–Crippen MR) is 91.3 cm³/mol. The maximum Gasteiger partial charge on any atom is 0.295 e. The van der Waals surface area contributed by atoms with Crippen molar-refractivity contribution in [1.29, 1.82) is 0 Å². The minimum Gasteiger partial charge on any atom is -0.350 e. The number of carbonyl (C=O) groups is 1. The Balaban J connectivity index is 1.78. The van der Waals surface area contributed by atoms with Gasteiger partial charge in [-0.15, -0.1) is 0 Å². The van der Waals surface area contributed by atoms with Crippen LogP contribution in [-0.4, -0.2) is 35.1 Å². The molecule has 24 heavy (non-hydrogen) atoms. The lowest BCUT2D eigenvalue weighted by Gasteiger charge is -2.10. The SMILES string of the molecule is CN(C)c1nccc(NC(=O)c2cc(-c3cccc(Cl)c3)no2)n1. The van der Waals surface area contributed by atoms with Crippen molar-refractivity contribution in [2.75, 3.05) is 24.3 Å². The molecule has 7 nitrogen and oxygen atoms in total. The molecule has 1 aromatic carbocycles. The molecular weight excluding hydrogens is 330 g/mol. The third kappa shape index (κ3) is 3.52. The summed E-state index contributed by atoms with van der Waals surface area (Å²) in [6.45, 7) is 0. The number of benzene rings is 1. The van der Waals surface area contributed by atoms with Gasteiger partial charge in [0.15, 0.2) is 0 Å². The lowest BCUT2D eigenvalue weighted by atomic mass is 10.1. The summed E-state index contributed by atoms with van der Waals surface area (Å²) in [4.78, 5) is 22.3. The Bertz CT molecular complexity index is 878. The summed E-state index contributed by atoms with van der Waals surface area (Å²) in [5, 5.41) is 7.14. The molecular formula is C16H14ClN5O2. The molecule has 0 unspecified atom stereocenters. The van der Waals surface area contributed by atoms with E-state index in [4.69, 9.17) is 16.1 Å². The summed E-state index contributed by atoms with van der Waals surface area (Å²) in [6, 6.07) is 10.3. The number of nitrogens with zero attached hydrogens (tertiary/aromatic N) is 4. The van der Waals surface area contributed by atoms with Gasteiger partial charge in [0, 0.05) is 36.9 Å². The van der Waals surface area contributed by atoms with Crippen molar-refractivity contribution in [2.24, 2.45) is 0 Å². The van der Waals surface area contributed by atoms with Gasteiger partial charge in [0.2, 0.25) is 11.7 Å². The average Bonchev–Trinajstić information content (AvgIpc) is 3.05. The van der Waals surface area contributed by atoms with Crippen LogP contribution in [0, 0.1) is 0 Å². The number of rotatable bonds is 4. The topological polar surface area (TPSA) is 84.2 Å². The Labute approximate surface area is 143 Å². The number of anilines is 2. The van der Waals surface area contributed by atoms with Crippen molar-refractivity contribution in [2.45, 2.75) is 0 Å². The Morgan fingerprint density at radius 2 is 2.08 bits per heavy atom. The fourth-order valence-corrected chi connectivity index (χ4v) is 2.17. The second-order valence-corrected chi connectivity index (χ2v) is 5.61. The van der Waals surface area contributed by atoms with Gasteiger partial charge in [-0.2, -0.15) is 4.98 Å². The number of hydrogen-bond acceptors (Lipinski definition) is 6. The monoisotopic (exact) mass is 343 g/mol. The molecule has 0 saturated heterocycles. The Kier molecular flexibility index (Phi) is 4.43. The molecule has 8 heteroatoms. The second kappa shape index (κ2) is 6.67. The predicted octanol–water partition coefficient (Wildman–Crippen LogP) is 3.10. The number of aromatic nitrogens is 3. The molecule has 0 radical (unpaired) electrons. The molecule has 122 valence electrons. The fraction of sp³-hybridized carbons (Fsp3) is 0.125. The number of carbonyl (C=O) groups excluding carboxylic acids is 1. The summed E-state index contributed by atoms with van der Waals surface area (Å²) < 4.78 is 5.11. The molecule has 2 heterocycles. The number of amides is 1. The van der Waals surface area contributed by atoms with Crippen LogP contribution in [0.5, 0.6) is 0 Å². The quantitative estimate of drug-likeness (QED) is 0.783. The van der Waals surface area contributed by atoms with Gasteiger partial charge in [-0.3, -0.25) is 4.79 Å². The van der Waals surface area contributed by atoms with Crippen LogP contribution in [-0.2, 0) is 0 Å². The highest BCUT2D eigenvalue weighted by molar-refractivity contribution is 6.30. The molecule has 2 aromatic heterocycles. The van der Waals surface area contributed by atoms with E-state index in [0.717, 1.165) is 5.56 Å². The fourth-order valence-electron chi connectivity index (χ4n) is 1.98. The third-order valence-electron chi connectivity index (χ3n) is 3.14. The van der Waals surface area contributed by atoms with Crippen molar-refractivity contribution in [1.82, 2.24) is 15.1 Å². The molecule has 0 fully saturated rings. The van der Waals surface area contributed by atoms with Crippen LogP contribution in [0.1, 0.15) is 10.6 Å². The maximum atomic E-state index is 12.3. The zero-order valence-electron chi connectivity index (χ0n) is 13.0. The number of halogens is 1. The van der Waals surface area contributed by atoms with E-state index in [0.29, 0.717) is 22.5 Å². The van der Waals surface area contributed by atoms with Gasteiger partial charge in [-0.1, -0.05) is 28.9 Å². The van der Waals surface area contributed by atoms with Crippen LogP contribution in [0.4, 0.5) is 11.8 Å². The van der Waals surface area contributed by atoms with E-state index < -0.39 is 5.91 Å². The smallest absolute Gasteiger partial charge is 0.295 e. The van der Waals surface area contributed by atoms with E-state index >= 15 is 0 Å². The third-order valence-corrected chi connectivity index (χ3v) is 3.37. The van der Waals surface area contributed by atoms with Crippen LogP contribution in [0.25, 0.3) is 11.3 Å². The first-order chi connectivity index (χ1) is 11.5. The van der Waals surface area contributed by atoms with Gasteiger partial charge < -0.3 is 14.7 Å². The van der Waals surface area contributed by atoms with Crippen LogP contribution >= 0.6 is 11.6 Å². The van der Waals surface area contributed by atoms with E-state index in [2.05, 4.69) is 20.4 Å². The zero-order valence-corrected chi connectivity index (χ0v) is 13.8. The van der Waals surface area contributed by atoms with Crippen LogP contribution in [0.15, 0.2) is 47.1 Å². The molecule has 3 rings (SSSR count). The maximum absolute atomic E-state index is 12.3. The molecule has 0 spiro atoms. The van der Waals surface area contributed by atoms with E-state index in [1.807, 2.05) is 20.2 Å². The van der Waals surface area contributed by atoms with Crippen molar-refractivity contribution in [3.63, 3.8) is 0 Å². The van der Waals surface area contributed by atoms with Crippen LogP contribution in [0.2, 0.25) is 5.02 Å². The standard InChI is InChI=1S/C16H14ClN5O2/c1-22(2)16-18-7-6-14(20-16)19-15(23)13-9-12(21-24-13)10-4-3-5-11(17)8-10/h3-9H,1-2H3,(H,18,19,20,23). The largest absolute Gasteiger partial charge is 0.350 e. The summed E-state index contributed by atoms with van der Waals surface area (Å²) in [5.41, 5.74) is 1.29. The van der Waals surface area contributed by atoms with Crippen LogP contribution < -0.4 is 10.2 Å². The molecule has 3 aromatic rings. The van der Waals surface area contributed by atoms with Crippen molar-refractivity contribution in [3.8, 4) is 11.3 Å². The molecule has 0 aliphatic heterocycles. The van der Waals surface area contributed by atoms with Gasteiger partial charge in [-0.05, 0) is 18.2 Å². The molecule has 0 aliphatic rings. The highest BCUT2D eigenvalue weighted by atomic mass is 35.5. The van der Waals surface area contributed by atoms with Crippen molar-refractivity contribution >= 4 is 29.3 Å². The van der Waals surface area contributed by atoms with Gasteiger partial charge >= 0.3 is 0 Å². The summed E-state index contributed by atoms with van der Waals surface area (Å²) in [7, 11) is 3.63. The molecule has 0 saturated carbocycles. The highest BCUT2D eigenvalue weighted by Gasteiger charge is 2.15. The first kappa shape index (κ1) is 15.9. The Morgan fingerprint density at radius 3 is 2.83 bits per heavy atom. The Hall–Kier alpha value is -2.93. The molecule has 0 atom stereocenters. The molecule has 1 N–H and O–H groups in total. The average molecular weight is 344 g/mol. The Morgan fingerprint density at radius 1 is 1.25 bits per heavy atom. The lowest BCUT2D eigenvalue weighted by Crippen LogP contribution is -2.16. The van der Waals surface area contributed by atoms with Crippen molar-refractivity contribution < 1.29 is 9.32 Å². The second-order valence-electron chi connectivity index (χ2n) is 5.18. The highest BCUT2D eigenvalue weighted by Crippen LogP contribution is 2.22. The summed E-state index contributed by atoms with van der Waals surface area (Å²) >= 11 is 5.96.